The number of carbonyl (C=O) groups is 1. The molecule has 0 spiro atoms. The van der Waals surface area contributed by atoms with Crippen molar-refractivity contribution in [3.63, 3.8) is 0 Å². The van der Waals surface area contributed by atoms with Crippen LogP contribution in [0.2, 0.25) is 0 Å². The molecule has 0 N–H and O–H groups in total. The Labute approximate surface area is 181 Å². The molecular formula is C20H14BrF5N2O3. The lowest BCUT2D eigenvalue weighted by Gasteiger charge is -2.15. The zero-order chi connectivity index (χ0) is 23.0. The van der Waals surface area contributed by atoms with Crippen LogP contribution in [-0.4, -0.2) is 25.3 Å². The van der Waals surface area contributed by atoms with Gasteiger partial charge in [-0.2, -0.15) is 10.1 Å². The average Bonchev–Trinajstić information content (AvgIpc) is 2.99. The van der Waals surface area contributed by atoms with Crippen LogP contribution >= 0.6 is 15.9 Å². The van der Waals surface area contributed by atoms with Crippen molar-refractivity contribution in [2.45, 2.75) is 13.8 Å². The number of hydrogen-bond acceptors (Lipinski definition) is 4. The minimum atomic E-state index is -2.33. The standard InChI is InChI=1S/C20H14BrF5N2O3/c1-4-31-12-7-9(6-11(21)19(12)30-3)5-10-8(2)27-28(20(10)29)18-16(25)14(23)13(22)15(24)17(18)26/h5-7H,4H2,1-3H3/b10-5-. The van der Waals surface area contributed by atoms with Crippen molar-refractivity contribution in [3.8, 4) is 11.5 Å². The van der Waals surface area contributed by atoms with Crippen LogP contribution in [0.15, 0.2) is 27.3 Å². The summed E-state index contributed by atoms with van der Waals surface area (Å²) < 4.78 is 80.0. The molecule has 2 aromatic rings. The van der Waals surface area contributed by atoms with E-state index >= 15 is 0 Å². The van der Waals surface area contributed by atoms with Gasteiger partial charge in [0.05, 0.1) is 29.5 Å². The molecule has 1 aliphatic heterocycles. The van der Waals surface area contributed by atoms with Crippen LogP contribution in [0, 0.1) is 29.1 Å². The minimum absolute atomic E-state index is 0.0128. The van der Waals surface area contributed by atoms with Crippen molar-refractivity contribution >= 4 is 39.3 Å². The van der Waals surface area contributed by atoms with E-state index < -0.39 is 40.7 Å². The summed E-state index contributed by atoms with van der Waals surface area (Å²) in [6.07, 6.45) is 1.35. The van der Waals surface area contributed by atoms with Crippen molar-refractivity contribution in [1.29, 1.82) is 0 Å². The second-order valence-corrected chi connectivity index (χ2v) is 7.10. The summed E-state index contributed by atoms with van der Waals surface area (Å²) >= 11 is 3.32. The zero-order valence-electron chi connectivity index (χ0n) is 16.3. The number of benzene rings is 2. The van der Waals surface area contributed by atoms with Gasteiger partial charge in [0.2, 0.25) is 5.82 Å². The Morgan fingerprint density at radius 3 is 2.19 bits per heavy atom. The average molecular weight is 505 g/mol. The Morgan fingerprint density at radius 1 is 1.06 bits per heavy atom. The number of amides is 1. The minimum Gasteiger partial charge on any atom is -0.492 e. The van der Waals surface area contributed by atoms with Crippen molar-refractivity contribution in [3.05, 3.63) is 56.8 Å². The molecule has 0 aliphatic carbocycles. The number of halogens is 6. The van der Waals surface area contributed by atoms with Crippen LogP contribution in [0.3, 0.4) is 0 Å². The van der Waals surface area contributed by atoms with Gasteiger partial charge in [-0.3, -0.25) is 4.79 Å². The smallest absolute Gasteiger partial charge is 0.280 e. The highest BCUT2D eigenvalue weighted by Crippen LogP contribution is 2.38. The van der Waals surface area contributed by atoms with Gasteiger partial charge in [-0.15, -0.1) is 0 Å². The molecule has 0 saturated carbocycles. The summed E-state index contributed by atoms with van der Waals surface area (Å²) in [4.78, 5) is 12.8. The summed E-state index contributed by atoms with van der Waals surface area (Å²) in [5, 5.41) is 3.85. The van der Waals surface area contributed by atoms with E-state index in [9.17, 15) is 26.7 Å². The maximum Gasteiger partial charge on any atom is 0.280 e. The first-order valence-electron chi connectivity index (χ1n) is 8.75. The van der Waals surface area contributed by atoms with E-state index in [0.717, 1.165) is 0 Å². The van der Waals surface area contributed by atoms with E-state index in [0.29, 0.717) is 28.1 Å². The third-order valence-electron chi connectivity index (χ3n) is 4.31. The maximum absolute atomic E-state index is 14.1. The SMILES string of the molecule is CCOc1cc(/C=C2\C(=O)N(c3c(F)c(F)c(F)c(F)c3F)N=C2C)cc(Br)c1OC. The van der Waals surface area contributed by atoms with Crippen LogP contribution in [0.5, 0.6) is 11.5 Å². The van der Waals surface area contributed by atoms with Gasteiger partial charge in [0.1, 0.15) is 5.69 Å². The predicted molar refractivity (Wildman–Crippen MR) is 107 cm³/mol. The van der Waals surface area contributed by atoms with Crippen LogP contribution in [-0.2, 0) is 4.79 Å². The highest BCUT2D eigenvalue weighted by molar-refractivity contribution is 9.10. The number of methoxy groups -OCH3 is 1. The summed E-state index contributed by atoms with van der Waals surface area (Å²) in [5.41, 5.74) is -1.11. The molecule has 0 aromatic heterocycles. The Balaban J connectivity index is 2.08. The van der Waals surface area contributed by atoms with Gasteiger partial charge >= 0.3 is 0 Å². The van der Waals surface area contributed by atoms with Gasteiger partial charge in [0.15, 0.2) is 34.8 Å². The number of nitrogens with zero attached hydrogens (tertiary/aromatic N) is 2. The van der Waals surface area contributed by atoms with Crippen LogP contribution in [0.25, 0.3) is 6.08 Å². The molecule has 5 nitrogen and oxygen atoms in total. The molecule has 0 atom stereocenters. The fourth-order valence-corrected chi connectivity index (χ4v) is 3.54. The molecule has 0 bridgehead atoms. The highest BCUT2D eigenvalue weighted by Gasteiger charge is 2.37. The Hall–Kier alpha value is -2.95. The number of ether oxygens (including phenoxy) is 2. The van der Waals surface area contributed by atoms with Gasteiger partial charge in [-0.05, 0) is 53.5 Å². The van der Waals surface area contributed by atoms with Gasteiger partial charge < -0.3 is 9.47 Å². The molecule has 0 radical (unpaired) electrons. The van der Waals surface area contributed by atoms with E-state index in [1.807, 2.05) is 0 Å². The molecule has 0 saturated heterocycles. The van der Waals surface area contributed by atoms with Crippen LogP contribution < -0.4 is 14.5 Å². The molecule has 0 fully saturated rings. The number of anilines is 1. The Kier molecular flexibility index (Phi) is 6.35. The third-order valence-corrected chi connectivity index (χ3v) is 4.90. The van der Waals surface area contributed by atoms with E-state index in [1.54, 1.807) is 19.1 Å². The summed E-state index contributed by atoms with van der Waals surface area (Å²) in [5.74, 6) is -11.3. The van der Waals surface area contributed by atoms with E-state index in [4.69, 9.17) is 9.47 Å². The van der Waals surface area contributed by atoms with Crippen molar-refractivity contribution < 1.29 is 36.2 Å². The van der Waals surface area contributed by atoms with Crippen LogP contribution in [0.1, 0.15) is 19.4 Å². The molecular weight excluding hydrogens is 491 g/mol. The molecule has 3 rings (SSSR count). The second-order valence-electron chi connectivity index (χ2n) is 6.25. The van der Waals surface area contributed by atoms with Gasteiger partial charge in [-0.25, -0.2) is 22.0 Å². The lowest BCUT2D eigenvalue weighted by molar-refractivity contribution is -0.114. The number of rotatable bonds is 5. The third kappa shape index (κ3) is 3.89. The van der Waals surface area contributed by atoms with E-state index in [2.05, 4.69) is 21.0 Å². The van der Waals surface area contributed by atoms with E-state index in [1.165, 1.54) is 20.1 Å². The topological polar surface area (TPSA) is 51.1 Å². The normalized spacial score (nSPS) is 15.0. The Morgan fingerprint density at radius 2 is 1.65 bits per heavy atom. The Bertz CT molecular complexity index is 1120. The number of hydrogen-bond donors (Lipinski definition) is 0. The first-order valence-corrected chi connectivity index (χ1v) is 9.55. The predicted octanol–water partition coefficient (Wildman–Crippen LogP) is 5.36. The van der Waals surface area contributed by atoms with E-state index in [-0.39, 0.29) is 16.3 Å². The zero-order valence-corrected chi connectivity index (χ0v) is 17.9. The van der Waals surface area contributed by atoms with Crippen LogP contribution in [0.4, 0.5) is 27.6 Å². The second kappa shape index (κ2) is 8.66. The van der Waals surface area contributed by atoms with Gasteiger partial charge in [-0.1, -0.05) is 0 Å². The molecule has 1 aliphatic rings. The fourth-order valence-electron chi connectivity index (χ4n) is 2.91. The molecule has 1 heterocycles. The molecule has 1 amide bonds. The van der Waals surface area contributed by atoms with Crippen molar-refractivity contribution in [1.82, 2.24) is 0 Å². The molecule has 0 unspecified atom stereocenters. The molecule has 11 heteroatoms. The first kappa shape index (κ1) is 22.7. The quantitative estimate of drug-likeness (QED) is 0.238. The summed E-state index contributed by atoms with van der Waals surface area (Å²) in [6.45, 7) is 3.45. The van der Waals surface area contributed by atoms with Gasteiger partial charge in [0.25, 0.3) is 5.91 Å². The fraction of sp³-hybridized carbons (Fsp3) is 0.200. The maximum atomic E-state index is 14.1. The number of carbonyl (C=O) groups excluding carboxylic acids is 1. The largest absolute Gasteiger partial charge is 0.492 e. The molecule has 164 valence electrons. The highest BCUT2D eigenvalue weighted by atomic mass is 79.9. The number of hydrazone groups is 1. The van der Waals surface area contributed by atoms with Crippen molar-refractivity contribution in [2.24, 2.45) is 5.10 Å². The monoisotopic (exact) mass is 504 g/mol. The van der Waals surface area contributed by atoms with Gasteiger partial charge in [0, 0.05) is 0 Å². The first-order chi connectivity index (χ1) is 14.6. The van der Waals surface area contributed by atoms with Crippen molar-refractivity contribution in [2.75, 3.05) is 18.7 Å². The lowest BCUT2D eigenvalue weighted by Crippen LogP contribution is -2.25. The molecule has 2 aromatic carbocycles. The summed E-state index contributed by atoms with van der Waals surface area (Å²) in [6, 6.07) is 3.15. The molecule has 31 heavy (non-hydrogen) atoms. The lowest BCUT2D eigenvalue weighted by atomic mass is 10.1. The summed E-state index contributed by atoms with van der Waals surface area (Å²) in [7, 11) is 1.44.